The smallest absolute Gasteiger partial charge is 0.293 e. The van der Waals surface area contributed by atoms with E-state index < -0.39 is 31.4 Å². The molecule has 0 atom stereocenters. The number of anilines is 2. The number of allylic oxidation sites excluding steroid dienone is 1. The molecule has 0 spiro atoms. The summed E-state index contributed by atoms with van der Waals surface area (Å²) in [7, 11) is -4.53. The number of hydrogen-bond acceptors (Lipinski definition) is 10. The van der Waals surface area contributed by atoms with Gasteiger partial charge in [0.15, 0.2) is 0 Å². The summed E-state index contributed by atoms with van der Waals surface area (Å²) in [5, 5.41) is 19.6. The molecule has 3 N–H and O–H groups in total. The van der Waals surface area contributed by atoms with E-state index in [0.29, 0.717) is 10.8 Å². The quantitative estimate of drug-likeness (QED) is 0.0935. The lowest BCUT2D eigenvalue weighted by molar-refractivity contribution is -0.384. The highest BCUT2D eigenvalue weighted by Gasteiger charge is 2.31. The third-order valence-electron chi connectivity index (χ3n) is 11.2. The van der Waals surface area contributed by atoms with Gasteiger partial charge in [-0.2, -0.15) is 0 Å². The molecule has 4 aromatic rings. The van der Waals surface area contributed by atoms with Crippen molar-refractivity contribution in [1.29, 1.82) is 0 Å². The number of piperidine rings is 1. The molecule has 2 aliphatic heterocycles. The van der Waals surface area contributed by atoms with Crippen LogP contribution in [-0.4, -0.2) is 76.0 Å². The number of amides is 1. The van der Waals surface area contributed by atoms with E-state index >= 15 is 0 Å². The maximum atomic E-state index is 13.8. The number of nitrogens with one attached hydrogen (secondary N) is 3. The summed E-state index contributed by atoms with van der Waals surface area (Å²) in [5.74, 6) is -0.461. The molecule has 12 nitrogen and oxygen atoms in total. The largest absolute Gasteiger partial charge is 0.456 e. The lowest BCUT2D eigenvalue weighted by Crippen LogP contribution is -2.47. The molecule has 2 saturated heterocycles. The number of nitro benzene ring substituents is 1. The molecule has 0 aromatic heterocycles. The maximum absolute atomic E-state index is 13.8. The van der Waals surface area contributed by atoms with Crippen molar-refractivity contribution in [3.05, 3.63) is 122 Å². The molecule has 0 unspecified atom stereocenters. The Labute approximate surface area is 349 Å². The van der Waals surface area contributed by atoms with E-state index in [2.05, 4.69) is 51.1 Å². The van der Waals surface area contributed by atoms with Crippen LogP contribution in [0.15, 0.2) is 95.4 Å². The van der Waals surface area contributed by atoms with Gasteiger partial charge in [-0.15, -0.1) is 0 Å². The van der Waals surface area contributed by atoms with Crippen molar-refractivity contribution in [2.24, 2.45) is 5.41 Å². The lowest BCUT2D eigenvalue weighted by atomic mass is 9.72. The number of carbonyl (C=O) groups is 1. The number of ether oxygens (including phenoxy) is 1. The van der Waals surface area contributed by atoms with Crippen LogP contribution in [0.3, 0.4) is 0 Å². The monoisotopic (exact) mass is 846 g/mol. The Bertz CT molecular complexity index is 2310. The zero-order valence-corrected chi connectivity index (χ0v) is 34.9. The van der Waals surface area contributed by atoms with E-state index in [4.69, 9.17) is 27.9 Å². The van der Waals surface area contributed by atoms with Crippen LogP contribution in [0.25, 0.3) is 5.57 Å². The first-order valence-corrected chi connectivity index (χ1v) is 21.8. The average Bonchev–Trinajstić information content (AvgIpc) is 3.19. The molecule has 0 saturated carbocycles. The minimum atomic E-state index is -4.53. The molecular weight excluding hydrogens is 799 g/mol. The van der Waals surface area contributed by atoms with Crippen molar-refractivity contribution in [2.45, 2.75) is 56.9 Å². The zero-order chi connectivity index (χ0) is 41.0. The first kappa shape index (κ1) is 41.5. The number of sulfonamides is 1. The van der Waals surface area contributed by atoms with Gasteiger partial charge in [0, 0.05) is 66.6 Å². The summed E-state index contributed by atoms with van der Waals surface area (Å²) in [6.07, 6.45) is 4.74. The number of nitrogens with zero attached hydrogens (tertiary/aromatic N) is 3. The van der Waals surface area contributed by atoms with Gasteiger partial charge in [-0.1, -0.05) is 60.8 Å². The number of hydrogen-bond donors (Lipinski definition) is 3. The minimum Gasteiger partial charge on any atom is -0.456 e. The van der Waals surface area contributed by atoms with E-state index in [-0.39, 0.29) is 28.5 Å². The molecule has 2 fully saturated rings. The number of rotatable bonds is 12. The third kappa shape index (κ3) is 10.1. The van der Waals surface area contributed by atoms with Gasteiger partial charge in [-0.05, 0) is 116 Å². The fourth-order valence-electron chi connectivity index (χ4n) is 7.91. The molecule has 15 heteroatoms. The van der Waals surface area contributed by atoms with Crippen LogP contribution in [0.1, 0.15) is 61.9 Å². The minimum absolute atomic E-state index is 0.00729. The van der Waals surface area contributed by atoms with Crippen molar-refractivity contribution in [1.82, 2.24) is 14.9 Å². The van der Waals surface area contributed by atoms with Gasteiger partial charge in [0.2, 0.25) is 0 Å². The van der Waals surface area contributed by atoms with Gasteiger partial charge in [0.05, 0.1) is 15.4 Å². The molecule has 58 heavy (non-hydrogen) atoms. The zero-order valence-electron chi connectivity index (χ0n) is 32.6. The summed E-state index contributed by atoms with van der Waals surface area (Å²) in [5.41, 5.74) is 4.93. The van der Waals surface area contributed by atoms with E-state index in [1.165, 1.54) is 34.9 Å². The highest BCUT2D eigenvalue weighted by molar-refractivity contribution is 7.90. The SMILES string of the molecule is CC1(C)CCC(CN2CCN(c3ccc(C(=O)NS(=O)(=O)c4ccc(NC5CCNCC5)c([N+](=O)[O-])c4)c(Oc4cccc(Cl)c4)c3)CC2)=C(c2ccc(Cl)cc2)C1. The normalized spacial score (nSPS) is 17.8. The second kappa shape index (κ2) is 17.7. The third-order valence-corrected chi connectivity index (χ3v) is 13.0. The van der Waals surface area contributed by atoms with Crippen molar-refractivity contribution < 1.29 is 22.9 Å². The topological polar surface area (TPSA) is 146 Å². The Balaban J connectivity index is 1.08. The van der Waals surface area contributed by atoms with Crippen LogP contribution >= 0.6 is 23.2 Å². The molecule has 2 heterocycles. The summed E-state index contributed by atoms with van der Waals surface area (Å²) in [6.45, 7) is 10.2. The Morgan fingerprint density at radius 1 is 0.948 bits per heavy atom. The van der Waals surface area contributed by atoms with Gasteiger partial charge in [0.25, 0.3) is 21.6 Å². The molecule has 1 amide bonds. The summed E-state index contributed by atoms with van der Waals surface area (Å²) >= 11 is 12.5. The van der Waals surface area contributed by atoms with Crippen molar-refractivity contribution in [3.63, 3.8) is 0 Å². The average molecular weight is 848 g/mol. The van der Waals surface area contributed by atoms with Crippen molar-refractivity contribution in [3.8, 4) is 11.5 Å². The number of nitro groups is 1. The van der Waals surface area contributed by atoms with Gasteiger partial charge < -0.3 is 20.3 Å². The molecule has 7 rings (SSSR count). The standard InChI is InChI=1S/C43H48Cl2N6O6S/c1-43(2)17-14-30(38(27-43)29-6-8-31(44)9-7-29)28-49-20-22-50(23-21-49)34-10-12-37(41(25-34)57-35-5-3-4-32(45)24-35)42(52)48-58(55,56)36-11-13-39(40(26-36)51(53)54)47-33-15-18-46-19-16-33/h3-13,24-26,33,46-47H,14-23,27-28H2,1-2H3,(H,48,52). The predicted octanol–water partition coefficient (Wildman–Crippen LogP) is 8.76. The molecular formula is C43H48Cl2N6O6S. The van der Waals surface area contributed by atoms with Crippen LogP contribution in [0.2, 0.25) is 10.0 Å². The van der Waals surface area contributed by atoms with E-state index in [0.717, 1.165) is 94.7 Å². The Morgan fingerprint density at radius 2 is 1.69 bits per heavy atom. The number of piperazine rings is 1. The van der Waals surface area contributed by atoms with Crippen molar-refractivity contribution in [2.75, 3.05) is 56.0 Å². The van der Waals surface area contributed by atoms with Crippen LogP contribution in [0.5, 0.6) is 11.5 Å². The van der Waals surface area contributed by atoms with Crippen LogP contribution < -0.4 is 25.0 Å². The van der Waals surface area contributed by atoms with Gasteiger partial charge in [-0.25, -0.2) is 13.1 Å². The van der Waals surface area contributed by atoms with Gasteiger partial charge in [0.1, 0.15) is 17.2 Å². The molecule has 1 aliphatic carbocycles. The summed E-state index contributed by atoms with van der Waals surface area (Å²) < 4.78 is 35.5. The van der Waals surface area contributed by atoms with Crippen LogP contribution in [0.4, 0.5) is 17.1 Å². The summed E-state index contributed by atoms with van der Waals surface area (Å²) in [6, 6.07) is 23.5. The summed E-state index contributed by atoms with van der Waals surface area (Å²) in [4.78, 5) is 29.5. The highest BCUT2D eigenvalue weighted by Crippen LogP contribution is 2.43. The Kier molecular flexibility index (Phi) is 12.6. The van der Waals surface area contributed by atoms with Gasteiger partial charge in [-0.3, -0.25) is 19.8 Å². The van der Waals surface area contributed by atoms with E-state index in [1.54, 1.807) is 36.4 Å². The second-order valence-electron chi connectivity index (χ2n) is 16.0. The predicted molar refractivity (Wildman–Crippen MR) is 230 cm³/mol. The molecule has 3 aliphatic rings. The molecule has 306 valence electrons. The van der Waals surface area contributed by atoms with E-state index in [1.807, 2.05) is 12.1 Å². The maximum Gasteiger partial charge on any atom is 0.293 e. The van der Waals surface area contributed by atoms with Gasteiger partial charge >= 0.3 is 0 Å². The fourth-order valence-corrected chi connectivity index (χ4v) is 9.20. The molecule has 4 aromatic carbocycles. The number of benzene rings is 4. The fraction of sp³-hybridized carbons (Fsp3) is 0.372. The lowest BCUT2D eigenvalue weighted by Gasteiger charge is -2.39. The Hall–Kier alpha value is -4.66. The van der Waals surface area contributed by atoms with Crippen molar-refractivity contribution >= 4 is 61.8 Å². The Morgan fingerprint density at radius 3 is 2.40 bits per heavy atom. The van der Waals surface area contributed by atoms with E-state index in [9.17, 15) is 23.3 Å². The molecule has 0 radical (unpaired) electrons. The van der Waals surface area contributed by atoms with Crippen LogP contribution in [0, 0.1) is 15.5 Å². The first-order chi connectivity index (χ1) is 27.7. The number of carbonyl (C=O) groups excluding carboxylic acids is 1. The first-order valence-electron chi connectivity index (χ1n) is 19.6. The second-order valence-corrected chi connectivity index (χ2v) is 18.5. The number of halogens is 2. The van der Waals surface area contributed by atoms with Crippen LogP contribution in [-0.2, 0) is 10.0 Å². The highest BCUT2D eigenvalue weighted by atomic mass is 35.5. The molecule has 0 bridgehead atoms.